The molecule has 3 aliphatic heterocycles. The summed E-state index contributed by atoms with van der Waals surface area (Å²) in [5.41, 5.74) is 0.269. The van der Waals surface area contributed by atoms with Crippen LogP contribution in [0.1, 0.15) is 34.2 Å². The average molecular weight is 680 g/mol. The lowest BCUT2D eigenvalue weighted by atomic mass is 10.1. The van der Waals surface area contributed by atoms with E-state index in [2.05, 4.69) is 70.4 Å². The summed E-state index contributed by atoms with van der Waals surface area (Å²) in [5.74, 6) is -1.51. The van der Waals surface area contributed by atoms with Crippen LogP contribution in [0.5, 0.6) is 0 Å². The second-order valence-corrected chi connectivity index (χ2v) is 10.8. The number of fused-ring (bicyclic) bond motifs is 3. The largest absolute Gasteiger partial charge is 0.274 e. The number of nitriles is 4. The molecule has 1 aromatic heterocycles. The van der Waals surface area contributed by atoms with Crippen molar-refractivity contribution in [2.24, 2.45) is 30.0 Å². The van der Waals surface area contributed by atoms with Crippen molar-refractivity contribution in [3.63, 3.8) is 0 Å². The molecule has 0 unspecified atom stereocenters. The maximum absolute atomic E-state index is 10.4. The SMILES string of the molecule is [C-]#[N+]/C(=C1/N=c2cc(C#N)c([N+]#[C-])cc2=N1)c1nc(C(C#N)=C2N=c3cc([N+]#[C-])c([N+]#[C-])cc3=N2)nc(/C(C#N)=C2/N=c3cc(C)c(C#N)cc3=N2)n1. The summed E-state index contributed by atoms with van der Waals surface area (Å²) in [6, 6.07) is 16.6. The molecule has 3 aromatic carbocycles. The molecule has 0 atom stereocenters. The first kappa shape index (κ1) is 32.2. The highest BCUT2D eigenvalue weighted by atomic mass is 15.1. The van der Waals surface area contributed by atoms with Crippen LogP contribution in [-0.2, 0) is 0 Å². The van der Waals surface area contributed by atoms with E-state index in [1.165, 1.54) is 30.3 Å². The molecule has 3 aliphatic rings. The van der Waals surface area contributed by atoms with Crippen LogP contribution in [0.2, 0.25) is 0 Å². The number of benzene rings is 3. The van der Waals surface area contributed by atoms with Gasteiger partial charge in [0, 0.05) is 0 Å². The number of aromatic nitrogens is 3. The lowest BCUT2D eigenvalue weighted by Gasteiger charge is -2.07. The van der Waals surface area contributed by atoms with Crippen LogP contribution < -0.4 is 32.1 Å². The van der Waals surface area contributed by atoms with Crippen molar-refractivity contribution >= 4 is 33.9 Å². The van der Waals surface area contributed by atoms with Gasteiger partial charge >= 0.3 is 0 Å². The molecule has 0 amide bonds. The van der Waals surface area contributed by atoms with Crippen LogP contribution in [0, 0.1) is 78.5 Å². The second kappa shape index (κ2) is 12.6. The summed E-state index contributed by atoms with van der Waals surface area (Å²) >= 11 is 0. The van der Waals surface area contributed by atoms with Crippen molar-refractivity contribution in [1.82, 2.24) is 15.0 Å². The lowest BCUT2D eigenvalue weighted by molar-refractivity contribution is 0.958. The monoisotopic (exact) mass is 679 g/mol. The molecule has 0 bridgehead atoms. The molecule has 4 heterocycles. The highest BCUT2D eigenvalue weighted by Crippen LogP contribution is 2.28. The second-order valence-electron chi connectivity index (χ2n) is 10.8. The van der Waals surface area contributed by atoms with E-state index in [0.29, 0.717) is 21.8 Å². The highest BCUT2D eigenvalue weighted by Gasteiger charge is 2.25. The zero-order valence-corrected chi connectivity index (χ0v) is 26.6. The van der Waals surface area contributed by atoms with Crippen molar-refractivity contribution in [3.8, 4) is 24.3 Å². The quantitative estimate of drug-likeness (QED) is 0.232. The Morgan fingerprint density at radius 1 is 0.509 bits per heavy atom. The Morgan fingerprint density at radius 3 is 1.34 bits per heavy atom. The zero-order valence-electron chi connectivity index (χ0n) is 26.6. The Bertz CT molecular complexity index is 3060. The van der Waals surface area contributed by atoms with Gasteiger partial charge in [-0.3, -0.25) is 9.69 Å². The van der Waals surface area contributed by atoms with E-state index >= 15 is 0 Å². The summed E-state index contributed by atoms with van der Waals surface area (Å²) in [5, 5.41) is 41.4. The smallest absolute Gasteiger partial charge is 0.250 e. The Hall–Kier alpha value is -9.39. The van der Waals surface area contributed by atoms with Crippen molar-refractivity contribution in [2.75, 3.05) is 0 Å². The minimum Gasteiger partial charge on any atom is -0.250 e. The van der Waals surface area contributed by atoms with E-state index in [-0.39, 0.29) is 95.8 Å². The summed E-state index contributed by atoms with van der Waals surface area (Å²) in [6.07, 6.45) is 0. The minimum atomic E-state index is -0.359. The molecule has 17 heteroatoms. The van der Waals surface area contributed by atoms with Gasteiger partial charge in [-0.05, 0) is 48.9 Å². The summed E-state index contributed by atoms with van der Waals surface area (Å²) in [7, 11) is 0. The van der Waals surface area contributed by atoms with Gasteiger partial charge in [-0.2, -0.15) is 21.0 Å². The first-order valence-electron chi connectivity index (χ1n) is 14.7. The highest BCUT2D eigenvalue weighted by molar-refractivity contribution is 5.81. The molecule has 0 fully saturated rings. The van der Waals surface area contributed by atoms with E-state index in [1.807, 2.05) is 18.2 Å². The van der Waals surface area contributed by atoms with Crippen LogP contribution in [0.25, 0.3) is 36.2 Å². The summed E-state index contributed by atoms with van der Waals surface area (Å²) < 4.78 is 0. The zero-order chi connectivity index (χ0) is 37.4. The van der Waals surface area contributed by atoms with Gasteiger partial charge in [0.2, 0.25) is 5.69 Å². The lowest BCUT2D eigenvalue weighted by Crippen LogP contribution is -2.22. The molecule has 53 heavy (non-hydrogen) atoms. The van der Waals surface area contributed by atoms with Crippen LogP contribution in [0.3, 0.4) is 0 Å². The number of hydrogen-bond donors (Lipinski definition) is 0. The predicted molar refractivity (Wildman–Crippen MR) is 178 cm³/mol. The van der Waals surface area contributed by atoms with E-state index in [4.69, 9.17) is 26.3 Å². The molecule has 17 nitrogen and oxygen atoms in total. The van der Waals surface area contributed by atoms with Crippen molar-refractivity contribution in [3.05, 3.63) is 166 Å². The van der Waals surface area contributed by atoms with Crippen LogP contribution in [-0.4, -0.2) is 15.0 Å². The molecule has 0 saturated heterocycles. The van der Waals surface area contributed by atoms with Gasteiger partial charge in [0.1, 0.15) is 23.3 Å². The fraction of sp³-hybridized carbons (Fsp3) is 0.0278. The number of hydrogen-bond acceptors (Lipinski definition) is 13. The predicted octanol–water partition coefficient (Wildman–Crippen LogP) is 2.36. The van der Waals surface area contributed by atoms with Gasteiger partial charge in [-0.25, -0.2) is 54.6 Å². The maximum atomic E-state index is 10.4. The topological polar surface area (TPSA) is 225 Å². The van der Waals surface area contributed by atoms with E-state index < -0.39 is 0 Å². The van der Waals surface area contributed by atoms with Crippen LogP contribution in [0.15, 0.2) is 83.8 Å². The number of nitrogens with zero attached hydrogens (tertiary/aromatic N) is 17. The van der Waals surface area contributed by atoms with E-state index in [9.17, 15) is 21.0 Å². The van der Waals surface area contributed by atoms with Gasteiger partial charge < -0.3 is 0 Å². The molecular weight excluding hydrogens is 671 g/mol. The Morgan fingerprint density at radius 2 is 0.906 bits per heavy atom. The third-order valence-electron chi connectivity index (χ3n) is 7.74. The normalized spacial score (nSPS) is 14.2. The first-order chi connectivity index (χ1) is 25.7. The molecular formula is C36H9N17. The standard InChI is InChI=1S/C36H9N17/c1-16-6-24-25(7-17(16)12-37)46-31(45-24)19(14-39)33-51-34(20(15-40)32-47-28-10-22(42-3)23(43-4)11-29(28)48-32)53-36(52-33)30(44-5)35-49-26-8-18(13-38)21(41-2)9-27(26)50-35/h6-11H,1H3/b31-19-,35-30-. The van der Waals surface area contributed by atoms with Crippen LogP contribution in [0.4, 0.5) is 17.1 Å². The molecule has 0 radical (unpaired) electrons. The fourth-order valence-electron chi connectivity index (χ4n) is 5.22. The number of allylic oxidation sites excluding steroid dienone is 2. The van der Waals surface area contributed by atoms with Crippen LogP contribution >= 0.6 is 0 Å². The molecule has 4 aromatic rings. The third kappa shape index (κ3) is 5.35. The average Bonchev–Trinajstić information content (AvgIpc) is 3.90. The van der Waals surface area contributed by atoms with Crippen molar-refractivity contribution < 1.29 is 0 Å². The molecule has 0 aliphatic carbocycles. The Kier molecular flexibility index (Phi) is 7.63. The van der Waals surface area contributed by atoms with E-state index in [1.54, 1.807) is 13.0 Å². The fourth-order valence-corrected chi connectivity index (χ4v) is 5.22. The maximum Gasteiger partial charge on any atom is 0.274 e. The van der Waals surface area contributed by atoms with Gasteiger partial charge in [0.05, 0.1) is 81.7 Å². The minimum absolute atomic E-state index is 0.0374. The van der Waals surface area contributed by atoms with Crippen molar-refractivity contribution in [1.29, 1.82) is 21.0 Å². The van der Waals surface area contributed by atoms with Gasteiger partial charge in [0.15, 0.2) is 46.3 Å². The molecule has 0 saturated carbocycles. The first-order valence-corrected chi connectivity index (χ1v) is 14.7. The molecule has 0 spiro atoms. The number of rotatable bonds is 3. The van der Waals surface area contributed by atoms with Gasteiger partial charge in [-0.15, -0.1) is 0 Å². The summed E-state index contributed by atoms with van der Waals surface area (Å²) in [4.78, 5) is 53.3. The third-order valence-corrected chi connectivity index (χ3v) is 7.74. The molecule has 7 rings (SSSR count). The molecule has 0 N–H and O–H groups in total. The Labute approximate surface area is 296 Å². The van der Waals surface area contributed by atoms with Gasteiger partial charge in [-0.1, -0.05) is 0 Å². The van der Waals surface area contributed by atoms with E-state index in [0.717, 1.165) is 0 Å². The van der Waals surface area contributed by atoms with Crippen molar-refractivity contribution in [2.45, 2.75) is 6.92 Å². The number of aryl methyl sites for hydroxylation is 1. The van der Waals surface area contributed by atoms with Gasteiger partial charge in [0.25, 0.3) is 5.70 Å². The molecule has 238 valence electrons. The summed E-state index contributed by atoms with van der Waals surface area (Å²) in [6.45, 7) is 32.0. The Balaban J connectivity index is 1.51.